The van der Waals surface area contributed by atoms with E-state index in [2.05, 4.69) is 48.2 Å². The van der Waals surface area contributed by atoms with E-state index in [-0.39, 0.29) is 12.1 Å². The average molecular weight is 504 g/mol. The molecule has 3 aromatic rings. The van der Waals surface area contributed by atoms with Gasteiger partial charge in [0, 0.05) is 36.5 Å². The zero-order valence-electron chi connectivity index (χ0n) is 19.8. The lowest BCUT2D eigenvalue weighted by atomic mass is 9.92. The van der Waals surface area contributed by atoms with Crippen molar-refractivity contribution in [2.45, 2.75) is 32.9 Å². The maximum absolute atomic E-state index is 13.9. The molecule has 0 spiro atoms. The molecule has 7 heteroatoms. The van der Waals surface area contributed by atoms with E-state index in [9.17, 15) is 8.78 Å². The van der Waals surface area contributed by atoms with Gasteiger partial charge in [-0.2, -0.15) is 0 Å². The standard InChI is InChI=1S/C25H26ClF2N3S.C2H6/c1-17-2-4-18(5-3-17)25(19-6-8-20(26)9-7-19)30-15-24(16-30)31(32-11-10-29)23-13-21(27)12-22(28)14-23;1-2/h2-9,12-14,24-25H,10-11,15-16,29H2,1H3;1-2H3. The molecule has 0 aliphatic carbocycles. The first-order valence-electron chi connectivity index (χ1n) is 11.6. The summed E-state index contributed by atoms with van der Waals surface area (Å²) in [6, 6.07) is 20.4. The highest BCUT2D eigenvalue weighted by Gasteiger charge is 2.38. The molecule has 0 aromatic heterocycles. The molecule has 182 valence electrons. The van der Waals surface area contributed by atoms with Gasteiger partial charge < -0.3 is 10.0 Å². The van der Waals surface area contributed by atoms with Gasteiger partial charge >= 0.3 is 0 Å². The van der Waals surface area contributed by atoms with Crippen LogP contribution < -0.4 is 10.0 Å². The summed E-state index contributed by atoms with van der Waals surface area (Å²) in [6.07, 6.45) is 0. The largest absolute Gasteiger partial charge is 0.330 e. The van der Waals surface area contributed by atoms with E-state index >= 15 is 0 Å². The van der Waals surface area contributed by atoms with Crippen LogP contribution in [0.5, 0.6) is 0 Å². The van der Waals surface area contributed by atoms with Gasteiger partial charge in [-0.05, 0) is 54.3 Å². The summed E-state index contributed by atoms with van der Waals surface area (Å²) in [7, 11) is 0. The molecule has 0 amide bonds. The molecule has 3 aromatic carbocycles. The number of halogens is 3. The van der Waals surface area contributed by atoms with Gasteiger partial charge in [-0.25, -0.2) is 8.78 Å². The van der Waals surface area contributed by atoms with Gasteiger partial charge in [0.2, 0.25) is 0 Å². The van der Waals surface area contributed by atoms with Crippen molar-refractivity contribution in [2.24, 2.45) is 5.73 Å². The lowest BCUT2D eigenvalue weighted by molar-refractivity contribution is 0.117. The Balaban J connectivity index is 0.00000158. The number of hydrogen-bond acceptors (Lipinski definition) is 4. The first-order valence-corrected chi connectivity index (χ1v) is 12.9. The van der Waals surface area contributed by atoms with Crippen molar-refractivity contribution in [3.63, 3.8) is 0 Å². The second-order valence-electron chi connectivity index (χ2n) is 8.05. The van der Waals surface area contributed by atoms with E-state index in [4.69, 9.17) is 17.3 Å². The van der Waals surface area contributed by atoms with Crippen molar-refractivity contribution in [1.82, 2.24) is 4.90 Å². The quantitative estimate of drug-likeness (QED) is 0.341. The Morgan fingerprint density at radius 3 is 2.03 bits per heavy atom. The number of hydrogen-bond donors (Lipinski definition) is 1. The summed E-state index contributed by atoms with van der Waals surface area (Å²) in [5.74, 6) is -0.478. The van der Waals surface area contributed by atoms with Gasteiger partial charge in [-0.1, -0.05) is 67.4 Å². The molecular formula is C27H32ClF2N3S. The average Bonchev–Trinajstić information content (AvgIpc) is 2.80. The summed E-state index contributed by atoms with van der Waals surface area (Å²) in [6.45, 7) is 8.09. The fourth-order valence-electron chi connectivity index (χ4n) is 4.06. The Morgan fingerprint density at radius 1 is 0.971 bits per heavy atom. The lowest BCUT2D eigenvalue weighted by Crippen LogP contribution is -2.59. The monoisotopic (exact) mass is 503 g/mol. The van der Waals surface area contributed by atoms with Gasteiger partial charge in [-0.3, -0.25) is 4.90 Å². The minimum absolute atomic E-state index is 0.0784. The van der Waals surface area contributed by atoms with Crippen LogP contribution in [0.25, 0.3) is 0 Å². The van der Waals surface area contributed by atoms with E-state index in [1.807, 2.05) is 30.3 Å². The molecule has 4 rings (SSSR count). The Hall–Kier alpha value is -2.12. The van der Waals surface area contributed by atoms with Crippen LogP contribution in [0, 0.1) is 18.6 Å². The van der Waals surface area contributed by atoms with Crippen LogP contribution in [0.2, 0.25) is 5.02 Å². The molecule has 0 saturated carbocycles. The number of nitrogens with two attached hydrogens (primary N) is 1. The Morgan fingerprint density at radius 2 is 1.50 bits per heavy atom. The van der Waals surface area contributed by atoms with Gasteiger partial charge in [0.1, 0.15) is 11.6 Å². The van der Waals surface area contributed by atoms with Crippen LogP contribution in [0.4, 0.5) is 14.5 Å². The van der Waals surface area contributed by atoms with E-state index in [0.29, 0.717) is 23.0 Å². The van der Waals surface area contributed by atoms with Crippen molar-refractivity contribution < 1.29 is 8.78 Å². The van der Waals surface area contributed by atoms with Gasteiger partial charge in [0.25, 0.3) is 0 Å². The molecule has 1 unspecified atom stereocenters. The summed E-state index contributed by atoms with van der Waals surface area (Å²) in [4.78, 5) is 2.38. The molecule has 0 bridgehead atoms. The molecular weight excluding hydrogens is 472 g/mol. The number of rotatable bonds is 8. The van der Waals surface area contributed by atoms with Gasteiger partial charge in [-0.15, -0.1) is 0 Å². The van der Waals surface area contributed by atoms with Crippen LogP contribution in [-0.2, 0) is 0 Å². The zero-order valence-corrected chi connectivity index (χ0v) is 21.4. The maximum atomic E-state index is 13.9. The predicted molar refractivity (Wildman–Crippen MR) is 142 cm³/mol. The normalized spacial score (nSPS) is 14.7. The molecule has 1 aliphatic rings. The van der Waals surface area contributed by atoms with Crippen molar-refractivity contribution in [3.8, 4) is 0 Å². The third-order valence-electron chi connectivity index (χ3n) is 5.62. The second kappa shape index (κ2) is 12.5. The second-order valence-corrected chi connectivity index (χ2v) is 9.54. The third-order valence-corrected chi connectivity index (χ3v) is 7.07. The minimum atomic E-state index is -0.576. The number of nitrogens with zero attached hydrogens (tertiary/aromatic N) is 2. The number of anilines is 1. The minimum Gasteiger partial charge on any atom is -0.330 e. The Bertz CT molecular complexity index is 975. The molecule has 2 N–H and O–H groups in total. The fraction of sp³-hybridized carbons (Fsp3) is 0.333. The van der Waals surface area contributed by atoms with Crippen molar-refractivity contribution in [2.75, 3.05) is 29.7 Å². The molecule has 34 heavy (non-hydrogen) atoms. The zero-order chi connectivity index (χ0) is 24.7. The summed E-state index contributed by atoms with van der Waals surface area (Å²) in [5, 5.41) is 0.704. The highest BCUT2D eigenvalue weighted by atomic mass is 35.5. The molecule has 1 atom stereocenters. The Labute approximate surface area is 211 Å². The van der Waals surface area contributed by atoms with Gasteiger partial charge in [0.15, 0.2) is 0 Å². The Kier molecular flexibility index (Phi) is 9.77. The highest BCUT2D eigenvalue weighted by Crippen LogP contribution is 2.37. The van der Waals surface area contributed by atoms with Crippen molar-refractivity contribution in [1.29, 1.82) is 0 Å². The lowest BCUT2D eigenvalue weighted by Gasteiger charge is -2.49. The highest BCUT2D eigenvalue weighted by molar-refractivity contribution is 8.00. The fourth-order valence-corrected chi connectivity index (χ4v) is 5.09. The van der Waals surface area contributed by atoms with E-state index in [1.54, 1.807) is 0 Å². The van der Waals surface area contributed by atoms with Crippen LogP contribution in [0.15, 0.2) is 66.7 Å². The number of benzene rings is 3. The smallest absolute Gasteiger partial charge is 0.128 e. The van der Waals surface area contributed by atoms with E-state index < -0.39 is 11.6 Å². The predicted octanol–water partition coefficient (Wildman–Crippen LogP) is 6.84. The van der Waals surface area contributed by atoms with Crippen molar-refractivity contribution in [3.05, 3.63) is 100 Å². The molecule has 1 aliphatic heterocycles. The topological polar surface area (TPSA) is 32.5 Å². The van der Waals surface area contributed by atoms with Crippen LogP contribution >= 0.6 is 23.5 Å². The van der Waals surface area contributed by atoms with Crippen molar-refractivity contribution >= 4 is 29.2 Å². The first kappa shape index (κ1) is 26.5. The van der Waals surface area contributed by atoms with Gasteiger partial charge in [0.05, 0.1) is 17.8 Å². The maximum Gasteiger partial charge on any atom is 0.128 e. The number of likely N-dealkylation sites (tertiary alicyclic amines) is 1. The molecule has 1 saturated heterocycles. The first-order chi connectivity index (χ1) is 16.4. The molecule has 1 fully saturated rings. The number of aryl methyl sites for hydroxylation is 1. The third kappa shape index (κ3) is 6.51. The summed E-state index contributed by atoms with van der Waals surface area (Å²) >= 11 is 7.64. The van der Waals surface area contributed by atoms with Crippen LogP contribution in [0.1, 0.15) is 36.6 Å². The van der Waals surface area contributed by atoms with E-state index in [1.165, 1.54) is 35.2 Å². The SMILES string of the molecule is CC.Cc1ccc(C(c2ccc(Cl)cc2)N2CC(N(SCCN)c3cc(F)cc(F)c3)C2)cc1. The summed E-state index contributed by atoms with van der Waals surface area (Å²) < 4.78 is 29.8. The molecule has 0 radical (unpaired) electrons. The molecule has 1 heterocycles. The van der Waals surface area contributed by atoms with Crippen LogP contribution in [-0.4, -0.2) is 36.3 Å². The van der Waals surface area contributed by atoms with Crippen LogP contribution in [0.3, 0.4) is 0 Å². The van der Waals surface area contributed by atoms with E-state index in [0.717, 1.165) is 24.7 Å². The summed E-state index contributed by atoms with van der Waals surface area (Å²) in [5.41, 5.74) is 9.82. The molecule has 3 nitrogen and oxygen atoms in total.